The summed E-state index contributed by atoms with van der Waals surface area (Å²) < 4.78 is 5.11. The number of aliphatic hydroxyl groups excluding tert-OH is 1. The summed E-state index contributed by atoms with van der Waals surface area (Å²) in [5, 5.41) is 10.1. The summed E-state index contributed by atoms with van der Waals surface area (Å²) in [5.74, 6) is 0.732. The van der Waals surface area contributed by atoms with Crippen LogP contribution in [0.3, 0.4) is 0 Å². The van der Waals surface area contributed by atoms with Gasteiger partial charge in [0.2, 0.25) is 0 Å². The molecule has 0 heterocycles. The molecule has 5 atom stereocenters. The molecule has 1 aliphatic carbocycles. The molecular weight excluding hydrogens is 240 g/mol. The molecule has 0 bridgehead atoms. The molecule has 0 aromatic carbocycles. The van der Waals surface area contributed by atoms with E-state index in [2.05, 4.69) is 33.8 Å². The van der Waals surface area contributed by atoms with Gasteiger partial charge in [0, 0.05) is 6.92 Å². The lowest BCUT2D eigenvalue weighted by atomic mass is 9.58. The number of hydrogen-bond acceptors (Lipinski definition) is 3. The van der Waals surface area contributed by atoms with Crippen molar-refractivity contribution in [3.8, 4) is 0 Å². The largest absolute Gasteiger partial charge is 0.459 e. The van der Waals surface area contributed by atoms with Crippen LogP contribution in [-0.2, 0) is 9.53 Å². The van der Waals surface area contributed by atoms with Gasteiger partial charge in [-0.3, -0.25) is 4.79 Å². The van der Waals surface area contributed by atoms with E-state index >= 15 is 0 Å². The fourth-order valence-electron chi connectivity index (χ4n) is 3.13. The lowest BCUT2D eigenvalue weighted by Gasteiger charge is -2.48. The first-order chi connectivity index (χ1) is 8.66. The van der Waals surface area contributed by atoms with E-state index in [4.69, 9.17) is 4.74 Å². The van der Waals surface area contributed by atoms with Crippen molar-refractivity contribution in [3.63, 3.8) is 0 Å². The van der Waals surface area contributed by atoms with Gasteiger partial charge in [0.1, 0.15) is 6.10 Å². The van der Waals surface area contributed by atoms with Crippen molar-refractivity contribution in [2.24, 2.45) is 23.2 Å². The Balaban J connectivity index is 2.82. The fraction of sp³-hybridized carbons (Fsp3) is 0.812. The predicted molar refractivity (Wildman–Crippen MR) is 76.6 cm³/mol. The molecule has 1 fully saturated rings. The van der Waals surface area contributed by atoms with Crippen LogP contribution in [0.4, 0.5) is 0 Å². The maximum absolute atomic E-state index is 10.9. The normalized spacial score (nSPS) is 36.2. The van der Waals surface area contributed by atoms with Crippen LogP contribution in [0.5, 0.6) is 0 Å². The standard InChI is InChI=1S/C16H28O3/c1-10-9-15(18)12(3)14(16(10,5)6)8-7-11(2)19-13(4)17/h7-8,10-12,14-15,18H,9H2,1-6H3/b8-7+/t10-,11-,12+,14+,15-/m1/s1. The summed E-state index contributed by atoms with van der Waals surface area (Å²) >= 11 is 0. The van der Waals surface area contributed by atoms with Gasteiger partial charge in [-0.05, 0) is 42.6 Å². The van der Waals surface area contributed by atoms with E-state index in [1.54, 1.807) is 0 Å². The number of carbonyl (C=O) groups is 1. The topological polar surface area (TPSA) is 46.5 Å². The van der Waals surface area contributed by atoms with Crippen molar-refractivity contribution < 1.29 is 14.6 Å². The third-order valence-corrected chi connectivity index (χ3v) is 4.84. The van der Waals surface area contributed by atoms with E-state index in [1.165, 1.54) is 6.92 Å². The van der Waals surface area contributed by atoms with E-state index < -0.39 is 0 Å². The summed E-state index contributed by atoms with van der Waals surface area (Å²) in [6.07, 6.45) is 4.46. The van der Waals surface area contributed by atoms with Gasteiger partial charge in [-0.1, -0.05) is 33.8 Å². The van der Waals surface area contributed by atoms with E-state index in [0.29, 0.717) is 11.8 Å². The highest BCUT2D eigenvalue weighted by molar-refractivity contribution is 5.66. The first kappa shape index (κ1) is 16.2. The predicted octanol–water partition coefficient (Wildman–Crippen LogP) is 3.17. The molecule has 1 aliphatic rings. The van der Waals surface area contributed by atoms with E-state index in [9.17, 15) is 9.90 Å². The van der Waals surface area contributed by atoms with E-state index in [0.717, 1.165) is 6.42 Å². The highest BCUT2D eigenvalue weighted by Crippen LogP contribution is 2.48. The number of carbonyl (C=O) groups excluding carboxylic acids is 1. The number of aliphatic hydroxyl groups is 1. The summed E-state index contributed by atoms with van der Waals surface area (Å²) in [6, 6.07) is 0. The fourth-order valence-corrected chi connectivity index (χ4v) is 3.13. The Kier molecular flexibility index (Phi) is 5.19. The Bertz CT molecular complexity index is 346. The first-order valence-electron chi connectivity index (χ1n) is 7.19. The highest BCUT2D eigenvalue weighted by atomic mass is 16.5. The Morgan fingerprint density at radius 2 is 2.00 bits per heavy atom. The van der Waals surface area contributed by atoms with Crippen molar-refractivity contribution in [1.82, 2.24) is 0 Å². The Hall–Kier alpha value is -0.830. The molecule has 0 saturated heterocycles. The molecule has 0 radical (unpaired) electrons. The second-order valence-corrected chi connectivity index (χ2v) is 6.61. The van der Waals surface area contributed by atoms with Gasteiger partial charge in [-0.2, -0.15) is 0 Å². The molecule has 19 heavy (non-hydrogen) atoms. The zero-order chi connectivity index (χ0) is 14.8. The molecule has 110 valence electrons. The maximum atomic E-state index is 10.9. The van der Waals surface area contributed by atoms with Gasteiger partial charge in [-0.25, -0.2) is 0 Å². The van der Waals surface area contributed by atoms with E-state index in [1.807, 2.05) is 13.0 Å². The lowest BCUT2D eigenvalue weighted by Crippen LogP contribution is -2.45. The van der Waals surface area contributed by atoms with Crippen LogP contribution in [0.15, 0.2) is 12.2 Å². The van der Waals surface area contributed by atoms with Gasteiger partial charge in [0.25, 0.3) is 0 Å². The third-order valence-electron chi connectivity index (χ3n) is 4.84. The minimum atomic E-state index is -0.262. The van der Waals surface area contributed by atoms with Crippen LogP contribution in [0.2, 0.25) is 0 Å². The van der Waals surface area contributed by atoms with Gasteiger partial charge in [0.15, 0.2) is 0 Å². The SMILES string of the molecule is CC(=O)O[C@H](C)/C=C/[C@H]1[C@H](C)[C@H](O)C[C@@H](C)C1(C)C. The third kappa shape index (κ3) is 3.82. The van der Waals surface area contributed by atoms with E-state index in [-0.39, 0.29) is 29.5 Å². The minimum absolute atomic E-state index is 0.144. The minimum Gasteiger partial charge on any atom is -0.459 e. The smallest absolute Gasteiger partial charge is 0.303 e. The lowest BCUT2D eigenvalue weighted by molar-refractivity contribution is -0.143. The Labute approximate surface area is 117 Å². The molecule has 3 heteroatoms. The summed E-state index contributed by atoms with van der Waals surface area (Å²) in [7, 11) is 0. The first-order valence-corrected chi connectivity index (χ1v) is 7.19. The number of ether oxygens (including phenoxy) is 1. The molecule has 0 aromatic rings. The summed E-state index contributed by atoms with van der Waals surface area (Å²) in [5.41, 5.74) is 0.144. The number of rotatable bonds is 3. The quantitative estimate of drug-likeness (QED) is 0.631. The van der Waals surface area contributed by atoms with Crippen LogP contribution in [0.1, 0.15) is 48.0 Å². The van der Waals surface area contributed by atoms with Gasteiger partial charge >= 0.3 is 5.97 Å². The molecular formula is C16H28O3. The van der Waals surface area contributed by atoms with Crippen LogP contribution in [0, 0.1) is 23.2 Å². The van der Waals surface area contributed by atoms with Crippen molar-refractivity contribution >= 4 is 5.97 Å². The monoisotopic (exact) mass is 268 g/mol. The molecule has 1 rings (SSSR count). The molecule has 0 unspecified atom stereocenters. The zero-order valence-corrected chi connectivity index (χ0v) is 13.0. The van der Waals surface area contributed by atoms with Crippen LogP contribution in [0.25, 0.3) is 0 Å². The average Bonchev–Trinajstić information content (AvgIpc) is 2.25. The highest BCUT2D eigenvalue weighted by Gasteiger charge is 2.44. The van der Waals surface area contributed by atoms with Crippen molar-refractivity contribution in [2.45, 2.75) is 60.2 Å². The molecule has 1 saturated carbocycles. The van der Waals surface area contributed by atoms with Gasteiger partial charge in [0.05, 0.1) is 6.10 Å². The maximum Gasteiger partial charge on any atom is 0.303 e. The molecule has 0 aromatic heterocycles. The Morgan fingerprint density at radius 1 is 1.42 bits per heavy atom. The summed E-state index contributed by atoms with van der Waals surface area (Å²) in [6.45, 7) is 12.1. The van der Waals surface area contributed by atoms with Crippen LogP contribution >= 0.6 is 0 Å². The Morgan fingerprint density at radius 3 is 2.53 bits per heavy atom. The molecule has 0 amide bonds. The van der Waals surface area contributed by atoms with Crippen LogP contribution < -0.4 is 0 Å². The van der Waals surface area contributed by atoms with Crippen LogP contribution in [-0.4, -0.2) is 23.3 Å². The van der Waals surface area contributed by atoms with Gasteiger partial charge in [-0.15, -0.1) is 0 Å². The van der Waals surface area contributed by atoms with Gasteiger partial charge < -0.3 is 9.84 Å². The molecule has 0 aliphatic heterocycles. The second-order valence-electron chi connectivity index (χ2n) is 6.61. The van der Waals surface area contributed by atoms with Crippen molar-refractivity contribution in [1.29, 1.82) is 0 Å². The van der Waals surface area contributed by atoms with Crippen molar-refractivity contribution in [2.75, 3.05) is 0 Å². The zero-order valence-electron chi connectivity index (χ0n) is 13.0. The molecule has 3 nitrogen and oxygen atoms in total. The number of hydrogen-bond donors (Lipinski definition) is 1. The summed E-state index contributed by atoms with van der Waals surface area (Å²) in [4.78, 5) is 10.9. The van der Waals surface area contributed by atoms with Crippen molar-refractivity contribution in [3.05, 3.63) is 12.2 Å². The molecule has 1 N–H and O–H groups in total. The molecule has 0 spiro atoms. The average molecular weight is 268 g/mol. The number of esters is 1. The second kappa shape index (κ2) is 6.08. The number of allylic oxidation sites excluding steroid dienone is 1.